The van der Waals surface area contributed by atoms with Crippen LogP contribution >= 0.6 is 12.4 Å². The molecule has 1 N–H and O–H groups in total. The number of nitrogens with zero attached hydrogens (tertiary/aromatic N) is 2. The molecule has 22 heavy (non-hydrogen) atoms. The van der Waals surface area contributed by atoms with Crippen LogP contribution in [0.15, 0.2) is 24.3 Å². The summed E-state index contributed by atoms with van der Waals surface area (Å²) in [4.78, 5) is 24.9. The van der Waals surface area contributed by atoms with Crippen molar-refractivity contribution in [2.75, 3.05) is 19.6 Å². The van der Waals surface area contributed by atoms with Crippen LogP contribution < -0.4 is 5.32 Å². The lowest BCUT2D eigenvalue weighted by Gasteiger charge is -2.32. The van der Waals surface area contributed by atoms with Crippen molar-refractivity contribution in [3.63, 3.8) is 0 Å². The van der Waals surface area contributed by atoms with Crippen molar-refractivity contribution in [2.24, 2.45) is 5.41 Å². The maximum atomic E-state index is 12.7. The molecule has 6 nitrogen and oxygen atoms in total. The predicted molar refractivity (Wildman–Crippen MR) is 84.9 cm³/mol. The van der Waals surface area contributed by atoms with Gasteiger partial charge in [0.2, 0.25) is 5.91 Å². The fraction of sp³-hybridized carbons (Fsp3) is 0.533. The molecule has 1 amide bonds. The number of hydrogen-bond donors (Lipinski definition) is 1. The minimum absolute atomic E-state index is 0. The zero-order valence-corrected chi connectivity index (χ0v) is 13.1. The van der Waals surface area contributed by atoms with Gasteiger partial charge in [-0.2, -0.15) is 0 Å². The molecule has 120 valence electrons. The Labute approximate surface area is 135 Å². The second-order valence-electron chi connectivity index (χ2n) is 5.96. The van der Waals surface area contributed by atoms with Crippen molar-refractivity contribution in [1.82, 2.24) is 10.2 Å². The highest BCUT2D eigenvalue weighted by Gasteiger charge is 2.46. The highest BCUT2D eigenvalue weighted by molar-refractivity contribution is 5.85. The number of nitro benzene ring substituents is 1. The van der Waals surface area contributed by atoms with Crippen LogP contribution in [0.4, 0.5) is 5.69 Å². The van der Waals surface area contributed by atoms with E-state index in [1.807, 2.05) is 11.0 Å². The Hall–Kier alpha value is -1.66. The molecule has 1 unspecified atom stereocenters. The summed E-state index contributed by atoms with van der Waals surface area (Å²) in [5, 5.41) is 14.1. The lowest BCUT2D eigenvalue weighted by molar-refractivity contribution is -0.384. The molecule has 1 atom stereocenters. The van der Waals surface area contributed by atoms with E-state index in [1.54, 1.807) is 12.1 Å². The van der Waals surface area contributed by atoms with Crippen molar-refractivity contribution < 1.29 is 9.72 Å². The minimum Gasteiger partial charge on any atom is -0.338 e. The van der Waals surface area contributed by atoms with Crippen LogP contribution in [-0.2, 0) is 11.3 Å². The van der Waals surface area contributed by atoms with Crippen LogP contribution in [0, 0.1) is 15.5 Å². The summed E-state index contributed by atoms with van der Waals surface area (Å²) in [7, 11) is 0. The molecule has 0 aliphatic carbocycles. The van der Waals surface area contributed by atoms with E-state index in [0.717, 1.165) is 44.5 Å². The van der Waals surface area contributed by atoms with Gasteiger partial charge in [-0.05, 0) is 31.4 Å². The molecule has 1 aromatic rings. The Morgan fingerprint density at radius 3 is 2.86 bits per heavy atom. The van der Waals surface area contributed by atoms with Gasteiger partial charge in [0.15, 0.2) is 0 Å². The Morgan fingerprint density at radius 1 is 1.36 bits per heavy atom. The molecule has 0 bridgehead atoms. The van der Waals surface area contributed by atoms with Crippen LogP contribution in [0.3, 0.4) is 0 Å². The SMILES string of the molecule is Cl.O=C1N(Cc2cccc([N+](=O)[O-])c2)CCC12CCCNC2. The van der Waals surface area contributed by atoms with Crippen LogP contribution in [0.25, 0.3) is 0 Å². The second-order valence-corrected chi connectivity index (χ2v) is 5.96. The van der Waals surface area contributed by atoms with Crippen molar-refractivity contribution in [2.45, 2.75) is 25.8 Å². The summed E-state index contributed by atoms with van der Waals surface area (Å²) in [5.74, 6) is 0.196. The van der Waals surface area contributed by atoms with Crippen LogP contribution in [-0.4, -0.2) is 35.4 Å². The molecule has 2 aliphatic rings. The van der Waals surface area contributed by atoms with Gasteiger partial charge in [-0.25, -0.2) is 0 Å². The molecule has 2 fully saturated rings. The molecule has 2 saturated heterocycles. The van der Waals surface area contributed by atoms with Gasteiger partial charge in [-0.1, -0.05) is 12.1 Å². The number of hydrogen-bond acceptors (Lipinski definition) is 4. The smallest absolute Gasteiger partial charge is 0.269 e. The molecule has 1 spiro atoms. The van der Waals surface area contributed by atoms with Crippen LogP contribution in [0.2, 0.25) is 0 Å². The van der Waals surface area contributed by atoms with E-state index in [9.17, 15) is 14.9 Å². The highest BCUT2D eigenvalue weighted by atomic mass is 35.5. The van der Waals surface area contributed by atoms with Gasteiger partial charge in [-0.15, -0.1) is 12.4 Å². The molecule has 0 saturated carbocycles. The number of non-ortho nitro benzene ring substituents is 1. The second kappa shape index (κ2) is 6.62. The number of piperidine rings is 1. The predicted octanol–water partition coefficient (Wildman–Crippen LogP) is 2.12. The zero-order chi connectivity index (χ0) is 14.9. The van der Waals surface area contributed by atoms with Crippen molar-refractivity contribution in [3.05, 3.63) is 39.9 Å². The monoisotopic (exact) mass is 325 g/mol. The number of nitro groups is 1. The van der Waals surface area contributed by atoms with E-state index in [2.05, 4.69) is 5.32 Å². The summed E-state index contributed by atoms with van der Waals surface area (Å²) >= 11 is 0. The maximum absolute atomic E-state index is 12.7. The molecule has 1 aromatic carbocycles. The quantitative estimate of drug-likeness (QED) is 0.682. The Morgan fingerprint density at radius 2 is 2.18 bits per heavy atom. The normalized spacial score (nSPS) is 24.4. The fourth-order valence-electron chi connectivity index (χ4n) is 3.40. The molecular formula is C15H20ClN3O3. The Balaban J connectivity index is 0.00000176. The number of likely N-dealkylation sites (tertiary alicyclic amines) is 1. The average Bonchev–Trinajstić information content (AvgIpc) is 2.78. The number of halogens is 1. The van der Waals surface area contributed by atoms with Gasteiger partial charge in [0.1, 0.15) is 0 Å². The summed E-state index contributed by atoms with van der Waals surface area (Å²) < 4.78 is 0. The summed E-state index contributed by atoms with van der Waals surface area (Å²) in [5.41, 5.74) is 0.658. The Bertz CT molecular complexity index is 573. The third kappa shape index (κ3) is 3.08. The molecule has 0 aromatic heterocycles. The standard InChI is InChI=1S/C15H19N3O3.ClH/c19-14-15(5-2-7-16-11-15)6-8-17(14)10-12-3-1-4-13(9-12)18(20)21;/h1,3-4,9,16H,2,5-8,10-11H2;1H. The van der Waals surface area contributed by atoms with Gasteiger partial charge in [0, 0.05) is 31.8 Å². The van der Waals surface area contributed by atoms with Gasteiger partial charge in [0.25, 0.3) is 5.69 Å². The zero-order valence-electron chi connectivity index (χ0n) is 12.3. The van der Waals surface area contributed by atoms with Gasteiger partial charge in [-0.3, -0.25) is 14.9 Å². The maximum Gasteiger partial charge on any atom is 0.269 e. The van der Waals surface area contributed by atoms with Gasteiger partial charge < -0.3 is 10.2 Å². The Kier molecular flexibility index (Phi) is 5.03. The molecule has 2 heterocycles. The molecule has 3 rings (SSSR count). The summed E-state index contributed by atoms with van der Waals surface area (Å²) in [6.45, 7) is 2.95. The molecule has 2 aliphatic heterocycles. The van der Waals surface area contributed by atoms with Gasteiger partial charge in [0.05, 0.1) is 10.3 Å². The number of nitrogens with one attached hydrogen (secondary N) is 1. The topological polar surface area (TPSA) is 75.5 Å². The number of rotatable bonds is 3. The third-order valence-corrected chi connectivity index (χ3v) is 4.57. The van der Waals surface area contributed by atoms with Gasteiger partial charge >= 0.3 is 0 Å². The lowest BCUT2D eigenvalue weighted by Crippen LogP contribution is -2.45. The molecular weight excluding hydrogens is 306 g/mol. The van der Waals surface area contributed by atoms with E-state index in [-0.39, 0.29) is 29.4 Å². The minimum atomic E-state index is -0.401. The average molecular weight is 326 g/mol. The van der Waals surface area contributed by atoms with E-state index in [0.29, 0.717) is 6.54 Å². The summed E-state index contributed by atoms with van der Waals surface area (Å²) in [6.07, 6.45) is 2.87. The van der Waals surface area contributed by atoms with E-state index in [4.69, 9.17) is 0 Å². The number of carbonyl (C=O) groups excluding carboxylic acids is 1. The first-order valence-electron chi connectivity index (χ1n) is 7.34. The molecule has 7 heteroatoms. The van der Waals surface area contributed by atoms with E-state index in [1.165, 1.54) is 6.07 Å². The van der Waals surface area contributed by atoms with E-state index >= 15 is 0 Å². The van der Waals surface area contributed by atoms with Crippen molar-refractivity contribution >= 4 is 24.0 Å². The first-order valence-corrected chi connectivity index (χ1v) is 7.34. The highest BCUT2D eigenvalue weighted by Crippen LogP contribution is 2.38. The first-order chi connectivity index (χ1) is 10.1. The van der Waals surface area contributed by atoms with Crippen molar-refractivity contribution in [1.29, 1.82) is 0 Å². The van der Waals surface area contributed by atoms with Crippen molar-refractivity contribution in [3.8, 4) is 0 Å². The fourth-order valence-corrected chi connectivity index (χ4v) is 3.40. The van der Waals surface area contributed by atoms with E-state index < -0.39 is 4.92 Å². The largest absolute Gasteiger partial charge is 0.338 e. The number of amides is 1. The van der Waals surface area contributed by atoms with Crippen LogP contribution in [0.5, 0.6) is 0 Å². The number of carbonyl (C=O) groups is 1. The first kappa shape index (κ1) is 16.7. The third-order valence-electron chi connectivity index (χ3n) is 4.57. The lowest BCUT2D eigenvalue weighted by atomic mass is 9.79. The molecule has 0 radical (unpaired) electrons. The number of benzene rings is 1. The van der Waals surface area contributed by atoms with Crippen LogP contribution in [0.1, 0.15) is 24.8 Å². The summed E-state index contributed by atoms with van der Waals surface area (Å²) in [6, 6.07) is 6.54.